The summed E-state index contributed by atoms with van der Waals surface area (Å²) in [5, 5.41) is 0. The van der Waals surface area contributed by atoms with Crippen LogP contribution in [0.15, 0.2) is 18.5 Å². The van der Waals surface area contributed by atoms with Gasteiger partial charge in [-0.25, -0.2) is 4.79 Å². The van der Waals surface area contributed by atoms with Crippen molar-refractivity contribution in [2.24, 2.45) is 11.7 Å². The zero-order valence-corrected chi connectivity index (χ0v) is 13.3. The van der Waals surface area contributed by atoms with E-state index in [-0.39, 0.29) is 18.1 Å². The lowest BCUT2D eigenvalue weighted by Gasteiger charge is -2.25. The number of pyridine rings is 1. The Hall–Kier alpha value is -1.62. The maximum Gasteiger partial charge on any atom is 0.410 e. The second-order valence-electron chi connectivity index (χ2n) is 6.73. The maximum atomic E-state index is 12.1. The molecule has 1 saturated heterocycles. The predicted molar refractivity (Wildman–Crippen MR) is 81.8 cm³/mol. The van der Waals surface area contributed by atoms with E-state index in [0.29, 0.717) is 13.1 Å². The first-order chi connectivity index (χ1) is 9.78. The summed E-state index contributed by atoms with van der Waals surface area (Å²) in [5.41, 5.74) is 8.12. The van der Waals surface area contributed by atoms with Crippen LogP contribution in [0.5, 0.6) is 0 Å². The van der Waals surface area contributed by atoms with E-state index in [0.717, 1.165) is 17.5 Å². The van der Waals surface area contributed by atoms with E-state index >= 15 is 0 Å². The van der Waals surface area contributed by atoms with Gasteiger partial charge in [0, 0.05) is 31.5 Å². The number of carbonyl (C=O) groups is 1. The average Bonchev–Trinajstić information content (AvgIpc) is 2.86. The minimum Gasteiger partial charge on any atom is -0.444 e. The number of ether oxygens (including phenoxy) is 1. The Morgan fingerprint density at radius 2 is 2.24 bits per heavy atom. The van der Waals surface area contributed by atoms with Gasteiger partial charge in [-0.1, -0.05) is 0 Å². The molecule has 1 fully saturated rings. The van der Waals surface area contributed by atoms with Gasteiger partial charge in [0.25, 0.3) is 0 Å². The standard InChI is InChI=1S/C16H25N3O2/c1-11-5-7-18-9-13(11)14(17)12-6-8-19(10-12)15(20)21-16(2,3)4/h5,7,9,12,14H,6,8,10,17H2,1-4H3. The summed E-state index contributed by atoms with van der Waals surface area (Å²) in [6.07, 6.45) is 4.25. The summed E-state index contributed by atoms with van der Waals surface area (Å²) in [6.45, 7) is 9.02. The molecular formula is C16H25N3O2. The molecule has 2 rings (SSSR count). The monoisotopic (exact) mass is 291 g/mol. The number of aryl methyl sites for hydroxylation is 1. The molecule has 0 aromatic carbocycles. The molecule has 1 aromatic rings. The highest BCUT2D eigenvalue weighted by Gasteiger charge is 2.33. The predicted octanol–water partition coefficient (Wildman–Crippen LogP) is 2.65. The summed E-state index contributed by atoms with van der Waals surface area (Å²) in [7, 11) is 0. The highest BCUT2D eigenvalue weighted by molar-refractivity contribution is 5.68. The van der Waals surface area contributed by atoms with E-state index in [1.807, 2.05) is 40.0 Å². The molecule has 1 aliphatic heterocycles. The number of amides is 1. The van der Waals surface area contributed by atoms with Gasteiger partial charge in [-0.15, -0.1) is 0 Å². The summed E-state index contributed by atoms with van der Waals surface area (Å²) >= 11 is 0. The third-order valence-corrected chi connectivity index (χ3v) is 3.82. The van der Waals surface area contributed by atoms with Gasteiger partial charge in [-0.2, -0.15) is 0 Å². The van der Waals surface area contributed by atoms with Crippen molar-refractivity contribution in [3.05, 3.63) is 29.6 Å². The molecule has 0 aliphatic carbocycles. The maximum absolute atomic E-state index is 12.1. The fraction of sp³-hybridized carbons (Fsp3) is 0.625. The molecular weight excluding hydrogens is 266 g/mol. The van der Waals surface area contributed by atoms with Crippen LogP contribution >= 0.6 is 0 Å². The Balaban J connectivity index is 1.99. The van der Waals surface area contributed by atoms with Gasteiger partial charge >= 0.3 is 6.09 Å². The molecule has 1 aromatic heterocycles. The Labute approximate surface area is 126 Å². The molecule has 0 bridgehead atoms. The zero-order valence-electron chi connectivity index (χ0n) is 13.3. The molecule has 0 radical (unpaired) electrons. The van der Waals surface area contributed by atoms with Crippen molar-refractivity contribution in [1.82, 2.24) is 9.88 Å². The summed E-state index contributed by atoms with van der Waals surface area (Å²) in [6, 6.07) is 1.88. The smallest absolute Gasteiger partial charge is 0.410 e. The SMILES string of the molecule is Cc1ccncc1C(N)C1CCN(C(=O)OC(C)(C)C)C1. The van der Waals surface area contributed by atoms with Crippen molar-refractivity contribution >= 4 is 6.09 Å². The molecule has 21 heavy (non-hydrogen) atoms. The number of aromatic nitrogens is 1. The van der Waals surface area contributed by atoms with Crippen LogP contribution in [-0.4, -0.2) is 34.7 Å². The van der Waals surface area contributed by atoms with Gasteiger partial charge < -0.3 is 15.4 Å². The number of hydrogen-bond donors (Lipinski definition) is 1. The lowest BCUT2D eigenvalue weighted by molar-refractivity contribution is 0.0286. The molecule has 0 saturated carbocycles. The third-order valence-electron chi connectivity index (χ3n) is 3.82. The molecule has 2 atom stereocenters. The van der Waals surface area contributed by atoms with Crippen molar-refractivity contribution in [3.8, 4) is 0 Å². The van der Waals surface area contributed by atoms with Crippen LogP contribution < -0.4 is 5.73 Å². The van der Waals surface area contributed by atoms with Crippen LogP contribution in [0, 0.1) is 12.8 Å². The molecule has 5 heteroatoms. The first kappa shape index (κ1) is 15.8. The lowest BCUT2D eigenvalue weighted by atomic mass is 9.92. The number of carbonyl (C=O) groups excluding carboxylic acids is 1. The molecule has 5 nitrogen and oxygen atoms in total. The average molecular weight is 291 g/mol. The van der Waals surface area contributed by atoms with E-state index in [4.69, 9.17) is 10.5 Å². The molecule has 1 amide bonds. The van der Waals surface area contributed by atoms with E-state index in [1.165, 1.54) is 0 Å². The lowest BCUT2D eigenvalue weighted by Crippen LogP contribution is -2.36. The number of hydrogen-bond acceptors (Lipinski definition) is 4. The first-order valence-electron chi connectivity index (χ1n) is 7.42. The van der Waals surface area contributed by atoms with E-state index < -0.39 is 5.60 Å². The van der Waals surface area contributed by atoms with E-state index in [2.05, 4.69) is 4.98 Å². The highest BCUT2D eigenvalue weighted by Crippen LogP contribution is 2.30. The van der Waals surface area contributed by atoms with Gasteiger partial charge in [0.2, 0.25) is 0 Å². The number of likely N-dealkylation sites (tertiary alicyclic amines) is 1. The Kier molecular flexibility index (Phi) is 4.52. The van der Waals surface area contributed by atoms with Crippen LogP contribution in [0.3, 0.4) is 0 Å². The highest BCUT2D eigenvalue weighted by atomic mass is 16.6. The summed E-state index contributed by atoms with van der Waals surface area (Å²) in [5.74, 6) is 0.250. The normalized spacial score (nSPS) is 20.4. The van der Waals surface area contributed by atoms with Crippen LogP contribution in [0.25, 0.3) is 0 Å². The Morgan fingerprint density at radius 1 is 1.52 bits per heavy atom. The van der Waals surface area contributed by atoms with Crippen LogP contribution in [0.4, 0.5) is 4.79 Å². The summed E-state index contributed by atoms with van der Waals surface area (Å²) in [4.78, 5) is 18.0. The molecule has 2 N–H and O–H groups in total. The van der Waals surface area contributed by atoms with E-state index in [9.17, 15) is 4.79 Å². The third kappa shape index (κ3) is 3.94. The van der Waals surface area contributed by atoms with Gasteiger partial charge in [-0.3, -0.25) is 4.98 Å². The minimum absolute atomic E-state index is 0.0915. The molecule has 0 spiro atoms. The summed E-state index contributed by atoms with van der Waals surface area (Å²) < 4.78 is 5.41. The van der Waals surface area contributed by atoms with Gasteiger partial charge in [0.15, 0.2) is 0 Å². The van der Waals surface area contributed by atoms with Gasteiger partial charge in [0.1, 0.15) is 5.60 Å². The van der Waals surface area contributed by atoms with Crippen molar-refractivity contribution in [2.45, 2.75) is 45.8 Å². The van der Waals surface area contributed by atoms with Gasteiger partial charge in [0.05, 0.1) is 0 Å². The topological polar surface area (TPSA) is 68.5 Å². The quantitative estimate of drug-likeness (QED) is 0.909. The Morgan fingerprint density at radius 3 is 2.86 bits per heavy atom. The second-order valence-corrected chi connectivity index (χ2v) is 6.73. The number of rotatable bonds is 2. The molecule has 116 valence electrons. The van der Waals surface area contributed by atoms with Crippen LogP contribution in [0.2, 0.25) is 0 Å². The first-order valence-corrected chi connectivity index (χ1v) is 7.42. The molecule has 1 aliphatic rings. The van der Waals surface area contributed by atoms with E-state index in [1.54, 1.807) is 11.1 Å². The minimum atomic E-state index is -0.461. The van der Waals surface area contributed by atoms with Gasteiger partial charge in [-0.05, 0) is 57.2 Å². The fourth-order valence-electron chi connectivity index (χ4n) is 2.65. The Bertz CT molecular complexity index is 510. The van der Waals surface area contributed by atoms with Crippen molar-refractivity contribution in [3.63, 3.8) is 0 Å². The van der Waals surface area contributed by atoms with Crippen LogP contribution in [-0.2, 0) is 4.74 Å². The zero-order chi connectivity index (χ0) is 15.6. The molecule has 2 heterocycles. The second kappa shape index (κ2) is 6.02. The number of nitrogens with zero attached hydrogens (tertiary/aromatic N) is 2. The van der Waals surface area contributed by atoms with Crippen molar-refractivity contribution in [2.75, 3.05) is 13.1 Å². The molecule has 2 unspecified atom stereocenters. The number of nitrogens with two attached hydrogens (primary N) is 1. The van der Waals surface area contributed by atoms with Crippen molar-refractivity contribution in [1.29, 1.82) is 0 Å². The largest absolute Gasteiger partial charge is 0.444 e. The fourth-order valence-corrected chi connectivity index (χ4v) is 2.65. The van der Waals surface area contributed by atoms with Crippen molar-refractivity contribution < 1.29 is 9.53 Å². The van der Waals surface area contributed by atoms with Crippen LogP contribution in [0.1, 0.15) is 44.4 Å².